The molecule has 0 saturated heterocycles. The highest BCUT2D eigenvalue weighted by Crippen LogP contribution is 2.37. The quantitative estimate of drug-likeness (QED) is 0.728. The second-order valence-corrected chi connectivity index (χ2v) is 3.79. The first-order valence-electron chi connectivity index (χ1n) is 5.14. The van der Waals surface area contributed by atoms with Crippen molar-refractivity contribution in [2.75, 3.05) is 13.7 Å². The van der Waals surface area contributed by atoms with E-state index < -0.39 is 5.60 Å². The molecule has 0 bridgehead atoms. The number of benzene rings is 1. The first-order chi connectivity index (χ1) is 7.69. The van der Waals surface area contributed by atoms with Gasteiger partial charge >= 0.3 is 0 Å². The molecule has 0 amide bonds. The Morgan fingerprint density at radius 1 is 1.56 bits per heavy atom. The fourth-order valence-corrected chi connectivity index (χ4v) is 1.85. The van der Waals surface area contributed by atoms with Crippen molar-refractivity contribution in [2.45, 2.75) is 18.4 Å². The van der Waals surface area contributed by atoms with E-state index in [4.69, 9.17) is 14.7 Å². The summed E-state index contributed by atoms with van der Waals surface area (Å²) in [5.74, 6) is 1.18. The van der Waals surface area contributed by atoms with Crippen molar-refractivity contribution >= 4 is 0 Å². The van der Waals surface area contributed by atoms with Crippen LogP contribution in [-0.2, 0) is 5.60 Å². The predicted molar refractivity (Wildman–Crippen MR) is 57.2 cm³/mol. The summed E-state index contributed by atoms with van der Waals surface area (Å²) in [4.78, 5) is 0. The Bertz CT molecular complexity index is 438. The molecular weight excluding hydrogens is 206 g/mol. The maximum atomic E-state index is 10.2. The van der Waals surface area contributed by atoms with Gasteiger partial charge in [-0.2, -0.15) is 5.26 Å². The fourth-order valence-electron chi connectivity index (χ4n) is 1.85. The molecule has 0 saturated carbocycles. The van der Waals surface area contributed by atoms with E-state index >= 15 is 0 Å². The lowest BCUT2D eigenvalue weighted by atomic mass is 9.90. The van der Waals surface area contributed by atoms with Crippen LogP contribution in [0.4, 0.5) is 0 Å². The lowest BCUT2D eigenvalue weighted by Crippen LogP contribution is -2.22. The second kappa shape index (κ2) is 4.03. The molecule has 0 fully saturated rings. The first-order valence-corrected chi connectivity index (χ1v) is 5.14. The Hall–Kier alpha value is -1.73. The van der Waals surface area contributed by atoms with E-state index in [0.29, 0.717) is 36.5 Å². The zero-order valence-electron chi connectivity index (χ0n) is 9.06. The summed E-state index contributed by atoms with van der Waals surface area (Å²) in [6.07, 6.45) is 1.05. The Morgan fingerprint density at radius 3 is 3.06 bits per heavy atom. The van der Waals surface area contributed by atoms with E-state index in [9.17, 15) is 5.11 Å². The van der Waals surface area contributed by atoms with Crippen LogP contribution >= 0.6 is 0 Å². The molecule has 4 nitrogen and oxygen atoms in total. The molecule has 0 aromatic heterocycles. The summed E-state index contributed by atoms with van der Waals surface area (Å²) in [5, 5.41) is 19.3. The minimum absolute atomic E-state index is 0.392. The van der Waals surface area contributed by atoms with Crippen LogP contribution in [0.1, 0.15) is 18.4 Å². The van der Waals surface area contributed by atoms with Crippen LogP contribution in [0, 0.1) is 11.3 Å². The largest absolute Gasteiger partial charge is 0.497 e. The van der Waals surface area contributed by atoms with Crippen LogP contribution in [0.25, 0.3) is 0 Å². The standard InChI is InChI=1S/C12H13NO3/c1-15-9-3-4-10-11(7-9)16-6-2-5-12(10,14)8-13/h3-4,7,14H,2,5-6H2,1H3. The fraction of sp³-hybridized carbons (Fsp3) is 0.417. The van der Waals surface area contributed by atoms with E-state index in [1.165, 1.54) is 0 Å². The number of fused-ring (bicyclic) bond motifs is 1. The number of rotatable bonds is 1. The molecule has 1 heterocycles. The molecule has 84 valence electrons. The monoisotopic (exact) mass is 219 g/mol. The number of nitriles is 1. The summed E-state index contributed by atoms with van der Waals surface area (Å²) in [6.45, 7) is 0.504. The number of hydrogen-bond acceptors (Lipinski definition) is 4. The van der Waals surface area contributed by atoms with Gasteiger partial charge in [-0.25, -0.2) is 0 Å². The molecule has 0 spiro atoms. The minimum atomic E-state index is -1.45. The molecule has 0 radical (unpaired) electrons. The Labute approximate surface area is 94.0 Å². The third-order valence-corrected chi connectivity index (χ3v) is 2.76. The van der Waals surface area contributed by atoms with Crippen molar-refractivity contribution in [1.29, 1.82) is 5.26 Å². The maximum Gasteiger partial charge on any atom is 0.180 e. The van der Waals surface area contributed by atoms with Gasteiger partial charge in [0.1, 0.15) is 17.6 Å². The van der Waals surface area contributed by atoms with Gasteiger partial charge in [-0.05, 0) is 25.0 Å². The van der Waals surface area contributed by atoms with Crippen LogP contribution in [0.2, 0.25) is 0 Å². The van der Waals surface area contributed by atoms with E-state index in [2.05, 4.69) is 0 Å². The lowest BCUT2D eigenvalue weighted by molar-refractivity contribution is 0.0884. The number of methoxy groups -OCH3 is 1. The minimum Gasteiger partial charge on any atom is -0.497 e. The molecular formula is C12H13NO3. The van der Waals surface area contributed by atoms with Gasteiger partial charge in [0.15, 0.2) is 5.60 Å². The second-order valence-electron chi connectivity index (χ2n) is 3.79. The van der Waals surface area contributed by atoms with Crippen molar-refractivity contribution in [2.24, 2.45) is 0 Å². The van der Waals surface area contributed by atoms with Gasteiger partial charge in [0.05, 0.1) is 13.7 Å². The molecule has 1 aliphatic rings. The zero-order valence-corrected chi connectivity index (χ0v) is 9.06. The van der Waals surface area contributed by atoms with E-state index in [0.717, 1.165) is 0 Å². The molecule has 1 atom stereocenters. The van der Waals surface area contributed by atoms with Crippen molar-refractivity contribution in [3.8, 4) is 17.6 Å². The number of hydrogen-bond donors (Lipinski definition) is 1. The highest BCUT2D eigenvalue weighted by atomic mass is 16.5. The number of ether oxygens (including phenoxy) is 2. The van der Waals surface area contributed by atoms with Crippen molar-refractivity contribution in [1.82, 2.24) is 0 Å². The van der Waals surface area contributed by atoms with Gasteiger partial charge in [-0.15, -0.1) is 0 Å². The van der Waals surface area contributed by atoms with Crippen LogP contribution < -0.4 is 9.47 Å². The normalized spacial score (nSPS) is 23.6. The molecule has 1 unspecified atom stereocenters. The van der Waals surface area contributed by atoms with Gasteiger partial charge in [-0.1, -0.05) is 0 Å². The molecule has 1 aliphatic heterocycles. The molecule has 4 heteroatoms. The SMILES string of the molecule is COc1ccc2c(c1)OCCCC2(O)C#N. The summed E-state index contributed by atoms with van der Waals surface area (Å²) in [7, 11) is 1.56. The summed E-state index contributed by atoms with van der Waals surface area (Å²) in [5.41, 5.74) is -0.925. The smallest absolute Gasteiger partial charge is 0.180 e. The summed E-state index contributed by atoms with van der Waals surface area (Å²) < 4.78 is 10.6. The van der Waals surface area contributed by atoms with E-state index in [1.807, 2.05) is 6.07 Å². The van der Waals surface area contributed by atoms with Crippen molar-refractivity contribution in [3.63, 3.8) is 0 Å². The lowest BCUT2D eigenvalue weighted by Gasteiger charge is -2.19. The molecule has 1 aromatic carbocycles. The number of nitrogens with zero attached hydrogens (tertiary/aromatic N) is 1. The predicted octanol–water partition coefficient (Wildman–Crippen LogP) is 1.58. The highest BCUT2D eigenvalue weighted by Gasteiger charge is 2.34. The zero-order chi connectivity index (χ0) is 11.6. The van der Waals surface area contributed by atoms with Gasteiger partial charge in [0, 0.05) is 11.6 Å². The summed E-state index contributed by atoms with van der Waals surface area (Å²) in [6, 6.07) is 7.05. The van der Waals surface area contributed by atoms with Gasteiger partial charge in [-0.3, -0.25) is 0 Å². The first kappa shape index (κ1) is 10.8. The van der Waals surface area contributed by atoms with E-state index in [-0.39, 0.29) is 0 Å². The van der Waals surface area contributed by atoms with Gasteiger partial charge in [0.25, 0.3) is 0 Å². The number of aliphatic hydroxyl groups is 1. The van der Waals surface area contributed by atoms with Crippen LogP contribution in [-0.4, -0.2) is 18.8 Å². The molecule has 16 heavy (non-hydrogen) atoms. The topological polar surface area (TPSA) is 62.5 Å². The summed E-state index contributed by atoms with van der Waals surface area (Å²) >= 11 is 0. The Morgan fingerprint density at radius 2 is 2.38 bits per heavy atom. The van der Waals surface area contributed by atoms with Crippen LogP contribution in [0.5, 0.6) is 11.5 Å². The van der Waals surface area contributed by atoms with Crippen molar-refractivity contribution < 1.29 is 14.6 Å². The molecule has 0 aliphatic carbocycles. The molecule has 1 aromatic rings. The van der Waals surface area contributed by atoms with Crippen LogP contribution in [0.3, 0.4) is 0 Å². The Balaban J connectivity index is 2.52. The van der Waals surface area contributed by atoms with Gasteiger partial charge < -0.3 is 14.6 Å². The maximum absolute atomic E-state index is 10.2. The van der Waals surface area contributed by atoms with E-state index in [1.54, 1.807) is 25.3 Å². The Kier molecular flexibility index (Phi) is 2.71. The average Bonchev–Trinajstić information content (AvgIpc) is 2.49. The van der Waals surface area contributed by atoms with Gasteiger partial charge in [0.2, 0.25) is 0 Å². The average molecular weight is 219 g/mol. The highest BCUT2D eigenvalue weighted by molar-refractivity contribution is 5.46. The third-order valence-electron chi connectivity index (χ3n) is 2.76. The molecule has 2 rings (SSSR count). The third kappa shape index (κ3) is 1.70. The van der Waals surface area contributed by atoms with Crippen molar-refractivity contribution in [3.05, 3.63) is 23.8 Å². The molecule has 1 N–H and O–H groups in total. The van der Waals surface area contributed by atoms with Crippen LogP contribution in [0.15, 0.2) is 18.2 Å².